The normalized spacial score (nSPS) is 11.2. The number of ether oxygens (including phenoxy) is 1. The summed E-state index contributed by atoms with van der Waals surface area (Å²) >= 11 is 0. The largest absolute Gasteiger partial charge is 1.00 e. The molecule has 0 saturated heterocycles. The predicted octanol–water partition coefficient (Wildman–Crippen LogP) is -0.118. The number of halogens is 1. The average molecular weight is 301 g/mol. The molecule has 0 saturated carbocycles. The first-order chi connectivity index (χ1) is 9.54. The van der Waals surface area contributed by atoms with Crippen molar-refractivity contribution in [2.24, 2.45) is 0 Å². The van der Waals surface area contributed by atoms with E-state index in [0.717, 1.165) is 28.0 Å². The number of nitrogens with zero attached hydrogens (tertiary/aromatic N) is 1. The molecule has 1 aliphatic rings. The van der Waals surface area contributed by atoms with Crippen LogP contribution in [0, 0.1) is 0 Å². The lowest BCUT2D eigenvalue weighted by Crippen LogP contribution is -3.00. The third kappa shape index (κ3) is 2.91. The van der Waals surface area contributed by atoms with Crippen LogP contribution in [0.25, 0.3) is 11.6 Å². The lowest BCUT2D eigenvalue weighted by atomic mass is 10.1. The molecule has 21 heavy (non-hydrogen) atoms. The topological polar surface area (TPSA) is 12.5 Å². The first-order valence-corrected chi connectivity index (χ1v) is 6.83. The van der Waals surface area contributed by atoms with Crippen LogP contribution in [0.2, 0.25) is 0 Å². The van der Waals surface area contributed by atoms with E-state index in [1.54, 1.807) is 0 Å². The number of fused-ring (bicyclic) bond motifs is 2. The SMILES string of the molecule is CC(C)=c1ccc2c(c1)Oc1cc(N(C)C)ccc1C=2.[Cl-]. The molecule has 0 unspecified atom stereocenters. The highest BCUT2D eigenvalue weighted by atomic mass is 35.5. The highest BCUT2D eigenvalue weighted by Crippen LogP contribution is 2.31. The van der Waals surface area contributed by atoms with Crippen molar-refractivity contribution in [3.05, 3.63) is 52.4 Å². The zero-order chi connectivity index (χ0) is 14.3. The molecule has 0 aromatic heterocycles. The van der Waals surface area contributed by atoms with Crippen LogP contribution in [0.15, 0.2) is 36.4 Å². The zero-order valence-corrected chi connectivity index (χ0v) is 13.5. The van der Waals surface area contributed by atoms with Crippen molar-refractivity contribution in [1.82, 2.24) is 0 Å². The van der Waals surface area contributed by atoms with Crippen LogP contribution in [0.3, 0.4) is 0 Å². The van der Waals surface area contributed by atoms with Gasteiger partial charge in [-0.1, -0.05) is 17.7 Å². The Hall–Kier alpha value is -1.93. The minimum atomic E-state index is 0. The minimum Gasteiger partial charge on any atom is -1.00 e. The second kappa shape index (κ2) is 5.82. The Labute approximate surface area is 131 Å². The van der Waals surface area contributed by atoms with Gasteiger partial charge in [-0.25, -0.2) is 0 Å². The van der Waals surface area contributed by atoms with Crippen molar-refractivity contribution >= 4 is 17.3 Å². The van der Waals surface area contributed by atoms with Gasteiger partial charge in [0.15, 0.2) is 0 Å². The van der Waals surface area contributed by atoms with Crippen LogP contribution in [0.4, 0.5) is 5.69 Å². The molecule has 0 bridgehead atoms. The summed E-state index contributed by atoms with van der Waals surface area (Å²) in [6.45, 7) is 4.23. The molecule has 1 aliphatic heterocycles. The fraction of sp³-hybridized carbons (Fsp3) is 0.222. The standard InChI is InChI=1S/C18H19NO.ClH/c1-12(2)13-5-6-14-9-15-7-8-16(19(3)4)11-18(15)20-17(14)10-13;/h5-11H,1-4H3;1H/p-1. The number of hydrogen-bond acceptors (Lipinski definition) is 2. The van der Waals surface area contributed by atoms with Crippen molar-refractivity contribution < 1.29 is 17.1 Å². The maximum Gasteiger partial charge on any atom is 0.136 e. The van der Waals surface area contributed by atoms with Gasteiger partial charge in [0.25, 0.3) is 0 Å². The lowest BCUT2D eigenvalue weighted by molar-refractivity contribution is -0.00000468. The second-order valence-corrected chi connectivity index (χ2v) is 5.62. The van der Waals surface area contributed by atoms with Gasteiger partial charge in [0.1, 0.15) is 11.5 Å². The summed E-state index contributed by atoms with van der Waals surface area (Å²) in [4.78, 5) is 2.08. The molecular formula is C18H19ClNO-. The Morgan fingerprint density at radius 1 is 0.952 bits per heavy atom. The molecule has 0 amide bonds. The molecule has 0 atom stereocenters. The summed E-state index contributed by atoms with van der Waals surface area (Å²) in [5.74, 6) is 1.86. The van der Waals surface area contributed by atoms with E-state index in [4.69, 9.17) is 4.74 Å². The predicted molar refractivity (Wildman–Crippen MR) is 84.9 cm³/mol. The monoisotopic (exact) mass is 300 g/mol. The van der Waals surface area contributed by atoms with E-state index in [1.807, 2.05) is 14.1 Å². The Morgan fingerprint density at radius 3 is 2.38 bits per heavy atom. The number of rotatable bonds is 1. The number of anilines is 1. The van der Waals surface area contributed by atoms with E-state index in [0.29, 0.717) is 0 Å². The molecule has 1 heterocycles. The van der Waals surface area contributed by atoms with Gasteiger partial charge >= 0.3 is 0 Å². The Morgan fingerprint density at radius 2 is 1.71 bits per heavy atom. The molecule has 0 radical (unpaired) electrons. The average Bonchev–Trinajstić information content (AvgIpc) is 2.43. The molecule has 0 N–H and O–H groups in total. The van der Waals surface area contributed by atoms with E-state index in [9.17, 15) is 0 Å². The van der Waals surface area contributed by atoms with Crippen LogP contribution < -0.4 is 32.5 Å². The van der Waals surface area contributed by atoms with E-state index in [1.165, 1.54) is 10.8 Å². The van der Waals surface area contributed by atoms with Crippen LogP contribution in [-0.2, 0) is 0 Å². The summed E-state index contributed by atoms with van der Waals surface area (Å²) < 4.78 is 6.09. The zero-order valence-electron chi connectivity index (χ0n) is 12.8. The Bertz CT molecular complexity index is 789. The molecule has 0 spiro atoms. The third-order valence-electron chi connectivity index (χ3n) is 3.64. The van der Waals surface area contributed by atoms with Gasteiger partial charge in [-0.15, -0.1) is 0 Å². The van der Waals surface area contributed by atoms with Crippen LogP contribution in [-0.4, -0.2) is 14.1 Å². The molecule has 0 aliphatic carbocycles. The molecule has 3 heteroatoms. The molecule has 3 rings (SSSR count). The quantitative estimate of drug-likeness (QED) is 0.621. The molecular weight excluding hydrogens is 282 g/mol. The van der Waals surface area contributed by atoms with Crippen molar-refractivity contribution in [2.45, 2.75) is 13.8 Å². The van der Waals surface area contributed by atoms with Gasteiger partial charge in [0.2, 0.25) is 0 Å². The highest BCUT2D eigenvalue weighted by Gasteiger charge is 2.11. The van der Waals surface area contributed by atoms with Gasteiger partial charge in [0, 0.05) is 36.6 Å². The van der Waals surface area contributed by atoms with E-state index in [-0.39, 0.29) is 12.4 Å². The van der Waals surface area contributed by atoms with Gasteiger partial charge in [-0.05, 0) is 43.3 Å². The molecule has 2 aromatic rings. The second-order valence-electron chi connectivity index (χ2n) is 5.62. The van der Waals surface area contributed by atoms with Crippen molar-refractivity contribution in [2.75, 3.05) is 19.0 Å². The highest BCUT2D eigenvalue weighted by molar-refractivity contribution is 5.67. The summed E-state index contributed by atoms with van der Waals surface area (Å²) in [5.41, 5.74) is 3.58. The van der Waals surface area contributed by atoms with Gasteiger partial charge in [-0.3, -0.25) is 0 Å². The number of hydrogen-bond donors (Lipinski definition) is 0. The van der Waals surface area contributed by atoms with E-state index < -0.39 is 0 Å². The third-order valence-corrected chi connectivity index (χ3v) is 3.64. The van der Waals surface area contributed by atoms with Crippen molar-refractivity contribution in [3.8, 4) is 11.5 Å². The van der Waals surface area contributed by atoms with Crippen molar-refractivity contribution in [1.29, 1.82) is 0 Å². The van der Waals surface area contributed by atoms with Crippen molar-refractivity contribution in [3.63, 3.8) is 0 Å². The molecule has 2 nitrogen and oxygen atoms in total. The lowest BCUT2D eigenvalue weighted by Gasteiger charge is -2.19. The van der Waals surface area contributed by atoms with Crippen LogP contribution in [0.5, 0.6) is 11.5 Å². The summed E-state index contributed by atoms with van der Waals surface area (Å²) in [6, 6.07) is 12.7. The molecule has 0 fully saturated rings. The summed E-state index contributed by atoms with van der Waals surface area (Å²) in [7, 11) is 4.07. The maximum absolute atomic E-state index is 6.09. The van der Waals surface area contributed by atoms with Crippen LogP contribution >= 0.6 is 0 Å². The summed E-state index contributed by atoms with van der Waals surface area (Å²) in [5, 5.41) is 2.37. The molecule has 2 aromatic carbocycles. The van der Waals surface area contributed by atoms with Gasteiger partial charge < -0.3 is 22.0 Å². The minimum absolute atomic E-state index is 0. The summed E-state index contributed by atoms with van der Waals surface area (Å²) in [6.07, 6.45) is 2.18. The smallest absolute Gasteiger partial charge is 0.136 e. The fourth-order valence-corrected chi connectivity index (χ4v) is 2.35. The van der Waals surface area contributed by atoms with Gasteiger partial charge in [0.05, 0.1) is 0 Å². The van der Waals surface area contributed by atoms with E-state index >= 15 is 0 Å². The number of benzene rings is 2. The van der Waals surface area contributed by atoms with Gasteiger partial charge in [-0.2, -0.15) is 0 Å². The molecule has 110 valence electrons. The van der Waals surface area contributed by atoms with Crippen LogP contribution in [0.1, 0.15) is 19.4 Å². The Kier molecular flexibility index (Phi) is 4.29. The first kappa shape index (κ1) is 15.5. The first-order valence-electron chi connectivity index (χ1n) is 6.83. The Balaban J connectivity index is 0.00000161. The fourth-order valence-electron chi connectivity index (χ4n) is 2.35. The maximum atomic E-state index is 6.09. The van der Waals surface area contributed by atoms with E-state index in [2.05, 4.69) is 61.2 Å².